The van der Waals surface area contributed by atoms with Gasteiger partial charge in [0.05, 0.1) is 19.9 Å². The molecule has 0 atom stereocenters. The quantitative estimate of drug-likeness (QED) is 0.648. The second-order valence-corrected chi connectivity index (χ2v) is 4.66. The van der Waals surface area contributed by atoms with Gasteiger partial charge in [-0.3, -0.25) is 4.99 Å². The molecule has 0 aromatic heterocycles. The van der Waals surface area contributed by atoms with Gasteiger partial charge in [0.2, 0.25) is 0 Å². The number of para-hydroxylation sites is 1. The van der Waals surface area contributed by atoms with Gasteiger partial charge in [-0.25, -0.2) is 0 Å². The molecule has 2 aromatic carbocycles. The van der Waals surface area contributed by atoms with Crippen molar-refractivity contribution in [1.29, 1.82) is 0 Å². The maximum atomic E-state index is 9.81. The molecule has 22 heavy (non-hydrogen) atoms. The van der Waals surface area contributed by atoms with Gasteiger partial charge < -0.3 is 14.6 Å². The van der Waals surface area contributed by atoms with Crippen LogP contribution in [-0.2, 0) is 11.2 Å². The van der Waals surface area contributed by atoms with Crippen LogP contribution in [0.3, 0.4) is 0 Å². The average Bonchev–Trinajstić information content (AvgIpc) is 2.56. The van der Waals surface area contributed by atoms with Crippen molar-refractivity contribution in [3.05, 3.63) is 59.7 Å². The van der Waals surface area contributed by atoms with Crippen LogP contribution in [0.15, 0.2) is 53.5 Å². The molecule has 0 aliphatic rings. The molecule has 0 heterocycles. The molecule has 4 nitrogen and oxygen atoms in total. The number of methoxy groups -OCH3 is 2. The van der Waals surface area contributed by atoms with Crippen LogP contribution in [-0.4, -0.2) is 26.0 Å². The Kier molecular flexibility index (Phi) is 5.20. The van der Waals surface area contributed by atoms with Crippen LogP contribution >= 0.6 is 0 Å². The van der Waals surface area contributed by atoms with Crippen LogP contribution < -0.4 is 4.74 Å². The van der Waals surface area contributed by atoms with Crippen LogP contribution in [0.25, 0.3) is 5.76 Å². The number of rotatable bonds is 6. The van der Waals surface area contributed by atoms with Crippen LogP contribution in [0.2, 0.25) is 0 Å². The van der Waals surface area contributed by atoms with Crippen LogP contribution in [0.1, 0.15) is 11.1 Å². The second-order valence-electron chi connectivity index (χ2n) is 4.66. The van der Waals surface area contributed by atoms with E-state index in [2.05, 4.69) is 11.7 Å². The van der Waals surface area contributed by atoms with Gasteiger partial charge >= 0.3 is 0 Å². The predicted molar refractivity (Wildman–Crippen MR) is 89.0 cm³/mol. The van der Waals surface area contributed by atoms with Gasteiger partial charge in [-0.2, -0.15) is 0 Å². The van der Waals surface area contributed by atoms with Crippen molar-refractivity contribution in [2.45, 2.75) is 6.42 Å². The van der Waals surface area contributed by atoms with Gasteiger partial charge in [0.1, 0.15) is 5.76 Å². The predicted octanol–water partition coefficient (Wildman–Crippen LogP) is 3.96. The van der Waals surface area contributed by atoms with E-state index < -0.39 is 0 Å². The molecule has 2 aromatic rings. The number of aliphatic imine (C=N–C) groups is 1. The zero-order valence-corrected chi connectivity index (χ0v) is 12.7. The van der Waals surface area contributed by atoms with Crippen molar-refractivity contribution in [2.75, 3.05) is 14.2 Å². The van der Waals surface area contributed by atoms with Gasteiger partial charge in [-0.1, -0.05) is 18.2 Å². The van der Waals surface area contributed by atoms with Crippen molar-refractivity contribution in [2.24, 2.45) is 4.99 Å². The minimum absolute atomic E-state index is 0.125. The Morgan fingerprint density at radius 3 is 2.64 bits per heavy atom. The zero-order chi connectivity index (χ0) is 15.9. The highest BCUT2D eigenvalue weighted by molar-refractivity contribution is 5.72. The van der Waals surface area contributed by atoms with Crippen LogP contribution in [0.5, 0.6) is 11.5 Å². The minimum atomic E-state index is 0.125. The monoisotopic (exact) mass is 297 g/mol. The SMILES string of the molecule is C=Nc1ccccc1/C(=C\Cc1ccc(OC)c(O)c1)OC. The van der Waals surface area contributed by atoms with Gasteiger partial charge in [0.15, 0.2) is 11.5 Å². The van der Waals surface area contributed by atoms with Gasteiger partial charge in [-0.05, 0) is 49.0 Å². The summed E-state index contributed by atoms with van der Waals surface area (Å²) >= 11 is 0. The largest absolute Gasteiger partial charge is 0.504 e. The highest BCUT2D eigenvalue weighted by Gasteiger charge is 2.07. The van der Waals surface area contributed by atoms with Gasteiger partial charge in [-0.15, -0.1) is 0 Å². The standard InChI is InChI=1S/C18H19NO3/c1-19-15-7-5-4-6-14(15)17(21-2)10-8-13-9-11-18(22-3)16(20)12-13/h4-7,9-12,20H,1,8H2,2-3H3/b17-10+. The summed E-state index contributed by atoms with van der Waals surface area (Å²) in [6.45, 7) is 3.58. The molecular weight excluding hydrogens is 278 g/mol. The third kappa shape index (κ3) is 3.47. The fourth-order valence-electron chi connectivity index (χ4n) is 2.20. The van der Waals surface area contributed by atoms with E-state index in [9.17, 15) is 5.11 Å². The summed E-state index contributed by atoms with van der Waals surface area (Å²) in [4.78, 5) is 4.00. The van der Waals surface area contributed by atoms with Crippen molar-refractivity contribution >= 4 is 18.2 Å². The van der Waals surface area contributed by atoms with Crippen molar-refractivity contribution in [3.63, 3.8) is 0 Å². The Morgan fingerprint density at radius 1 is 1.23 bits per heavy atom. The molecule has 0 aliphatic carbocycles. The summed E-state index contributed by atoms with van der Waals surface area (Å²) in [5, 5.41) is 9.81. The van der Waals surface area contributed by atoms with Crippen molar-refractivity contribution < 1.29 is 14.6 Å². The number of allylic oxidation sites excluding steroid dienone is 1. The second kappa shape index (κ2) is 7.31. The number of phenols is 1. The summed E-state index contributed by atoms with van der Waals surface area (Å²) in [5.41, 5.74) is 2.61. The summed E-state index contributed by atoms with van der Waals surface area (Å²) < 4.78 is 10.5. The Bertz CT molecular complexity index is 692. The van der Waals surface area contributed by atoms with E-state index in [0.29, 0.717) is 12.2 Å². The normalized spacial score (nSPS) is 11.1. The molecule has 0 fully saturated rings. The molecule has 0 saturated heterocycles. The first kappa shape index (κ1) is 15.6. The maximum absolute atomic E-state index is 9.81. The molecule has 0 aliphatic heterocycles. The first-order chi connectivity index (χ1) is 10.7. The summed E-state index contributed by atoms with van der Waals surface area (Å²) in [6.07, 6.45) is 2.57. The number of benzene rings is 2. The highest BCUT2D eigenvalue weighted by Crippen LogP contribution is 2.29. The van der Waals surface area contributed by atoms with E-state index in [1.165, 1.54) is 7.11 Å². The first-order valence-corrected chi connectivity index (χ1v) is 6.85. The molecule has 0 radical (unpaired) electrons. The molecule has 0 saturated carbocycles. The lowest BCUT2D eigenvalue weighted by Gasteiger charge is -2.10. The van der Waals surface area contributed by atoms with Crippen LogP contribution in [0.4, 0.5) is 5.69 Å². The average molecular weight is 297 g/mol. The van der Waals surface area contributed by atoms with Gasteiger partial charge in [0, 0.05) is 5.56 Å². The molecular formula is C18H19NO3. The Hall–Kier alpha value is -2.75. The van der Waals surface area contributed by atoms with Crippen LogP contribution in [0, 0.1) is 0 Å². The maximum Gasteiger partial charge on any atom is 0.160 e. The number of aromatic hydroxyl groups is 1. The fraction of sp³-hybridized carbons (Fsp3) is 0.167. The Labute approximate surface area is 130 Å². The third-order valence-electron chi connectivity index (χ3n) is 3.33. The molecule has 0 spiro atoms. The third-order valence-corrected chi connectivity index (χ3v) is 3.33. The molecule has 2 rings (SSSR count). The number of ether oxygens (including phenoxy) is 2. The summed E-state index contributed by atoms with van der Waals surface area (Å²) in [7, 11) is 3.15. The lowest BCUT2D eigenvalue weighted by Crippen LogP contribution is -1.91. The summed E-state index contributed by atoms with van der Waals surface area (Å²) in [5.74, 6) is 1.31. The smallest absolute Gasteiger partial charge is 0.160 e. The van der Waals surface area contributed by atoms with E-state index in [1.54, 1.807) is 19.2 Å². The fourth-order valence-corrected chi connectivity index (χ4v) is 2.20. The number of nitrogens with zero attached hydrogens (tertiary/aromatic N) is 1. The van der Waals surface area contributed by atoms with Crippen molar-refractivity contribution in [3.8, 4) is 11.5 Å². The first-order valence-electron chi connectivity index (χ1n) is 6.85. The number of hydrogen-bond donors (Lipinski definition) is 1. The molecule has 1 N–H and O–H groups in total. The summed E-state index contributed by atoms with van der Waals surface area (Å²) in [6, 6.07) is 13.0. The minimum Gasteiger partial charge on any atom is -0.504 e. The van der Waals surface area contributed by atoms with Gasteiger partial charge in [0.25, 0.3) is 0 Å². The number of hydrogen-bond acceptors (Lipinski definition) is 4. The molecule has 4 heteroatoms. The highest BCUT2D eigenvalue weighted by atomic mass is 16.5. The molecule has 0 amide bonds. The van der Waals surface area contributed by atoms with Crippen molar-refractivity contribution in [1.82, 2.24) is 0 Å². The Morgan fingerprint density at radius 2 is 2.00 bits per heavy atom. The van der Waals surface area contributed by atoms with E-state index >= 15 is 0 Å². The Balaban J connectivity index is 2.26. The molecule has 114 valence electrons. The van der Waals surface area contributed by atoms with E-state index in [0.717, 1.165) is 22.6 Å². The van der Waals surface area contributed by atoms with E-state index in [4.69, 9.17) is 9.47 Å². The van der Waals surface area contributed by atoms with E-state index in [1.807, 2.05) is 36.4 Å². The number of phenolic OH excluding ortho intramolecular Hbond substituents is 1. The lowest BCUT2D eigenvalue weighted by molar-refractivity contribution is 0.369. The molecule has 0 bridgehead atoms. The topological polar surface area (TPSA) is 51.0 Å². The lowest BCUT2D eigenvalue weighted by atomic mass is 10.1. The van der Waals surface area contributed by atoms with E-state index in [-0.39, 0.29) is 5.75 Å². The molecule has 0 unspecified atom stereocenters. The zero-order valence-electron chi connectivity index (χ0n) is 12.7.